The molecular weight excluding hydrogens is 280 g/mol. The number of rotatable bonds is 6. The van der Waals surface area contributed by atoms with E-state index in [1.165, 1.54) is 0 Å². The van der Waals surface area contributed by atoms with Gasteiger partial charge in [0.1, 0.15) is 5.82 Å². The van der Waals surface area contributed by atoms with Crippen molar-refractivity contribution in [1.29, 1.82) is 0 Å². The van der Waals surface area contributed by atoms with Crippen molar-refractivity contribution in [2.75, 3.05) is 38.7 Å². The maximum Gasteiger partial charge on any atom is 0.317 e. The monoisotopic (exact) mass is 306 g/mol. The summed E-state index contributed by atoms with van der Waals surface area (Å²) < 4.78 is 5.60. The second-order valence-electron chi connectivity index (χ2n) is 5.71. The van der Waals surface area contributed by atoms with E-state index in [0.717, 1.165) is 31.0 Å². The minimum atomic E-state index is -0.0601. The number of aromatic nitrogens is 1. The molecule has 1 aromatic rings. The van der Waals surface area contributed by atoms with Gasteiger partial charge in [-0.25, -0.2) is 9.78 Å². The highest BCUT2D eigenvalue weighted by molar-refractivity contribution is 5.74. The number of nitrogens with zero attached hydrogens (tertiary/aromatic N) is 3. The van der Waals surface area contributed by atoms with Gasteiger partial charge in [0.05, 0.1) is 18.3 Å². The SMILES string of the molecule is CCN(CC1CCCO1)C(=O)NCc1cccc(N(C)C)n1. The van der Waals surface area contributed by atoms with E-state index in [1.54, 1.807) is 4.90 Å². The first kappa shape index (κ1) is 16.5. The molecule has 6 heteroatoms. The van der Waals surface area contributed by atoms with E-state index in [0.29, 0.717) is 19.6 Å². The molecule has 1 saturated heterocycles. The van der Waals surface area contributed by atoms with E-state index in [2.05, 4.69) is 10.3 Å². The van der Waals surface area contributed by atoms with Gasteiger partial charge in [-0.15, -0.1) is 0 Å². The van der Waals surface area contributed by atoms with Gasteiger partial charge in [0.25, 0.3) is 0 Å². The van der Waals surface area contributed by atoms with Crippen LogP contribution in [0.3, 0.4) is 0 Å². The smallest absolute Gasteiger partial charge is 0.317 e. The highest BCUT2D eigenvalue weighted by atomic mass is 16.5. The normalized spacial score (nSPS) is 17.3. The quantitative estimate of drug-likeness (QED) is 0.871. The molecule has 0 bridgehead atoms. The second kappa shape index (κ2) is 7.98. The summed E-state index contributed by atoms with van der Waals surface area (Å²) >= 11 is 0. The highest BCUT2D eigenvalue weighted by Crippen LogP contribution is 2.13. The molecular formula is C16H26N4O2. The van der Waals surface area contributed by atoms with Gasteiger partial charge in [-0.2, -0.15) is 0 Å². The molecule has 2 rings (SSSR count). The summed E-state index contributed by atoms with van der Waals surface area (Å²) in [6, 6.07) is 5.76. The van der Waals surface area contributed by atoms with Gasteiger partial charge < -0.3 is 19.9 Å². The number of hydrogen-bond acceptors (Lipinski definition) is 4. The maximum atomic E-state index is 12.3. The third-order valence-corrected chi connectivity index (χ3v) is 3.79. The Morgan fingerprint density at radius 2 is 2.27 bits per heavy atom. The van der Waals surface area contributed by atoms with Gasteiger partial charge >= 0.3 is 6.03 Å². The molecule has 1 unspecified atom stereocenters. The van der Waals surface area contributed by atoms with Crippen LogP contribution in [0.2, 0.25) is 0 Å². The molecule has 0 aliphatic carbocycles. The lowest BCUT2D eigenvalue weighted by atomic mass is 10.2. The summed E-state index contributed by atoms with van der Waals surface area (Å²) in [6.07, 6.45) is 2.31. The van der Waals surface area contributed by atoms with Crippen LogP contribution in [-0.4, -0.2) is 55.8 Å². The Hall–Kier alpha value is -1.82. The van der Waals surface area contributed by atoms with Gasteiger partial charge in [-0.05, 0) is 31.9 Å². The lowest BCUT2D eigenvalue weighted by Gasteiger charge is -2.24. The van der Waals surface area contributed by atoms with Crippen LogP contribution in [0.15, 0.2) is 18.2 Å². The molecule has 0 radical (unpaired) electrons. The number of amides is 2. The molecule has 22 heavy (non-hydrogen) atoms. The Morgan fingerprint density at radius 3 is 2.91 bits per heavy atom. The first-order valence-electron chi connectivity index (χ1n) is 7.87. The number of likely N-dealkylation sites (N-methyl/N-ethyl adjacent to an activating group) is 1. The van der Waals surface area contributed by atoms with E-state index in [-0.39, 0.29) is 12.1 Å². The summed E-state index contributed by atoms with van der Waals surface area (Å²) in [5.74, 6) is 0.887. The molecule has 2 amide bonds. The summed E-state index contributed by atoms with van der Waals surface area (Å²) in [4.78, 5) is 20.5. The number of hydrogen-bond donors (Lipinski definition) is 1. The topological polar surface area (TPSA) is 57.7 Å². The Kier molecular flexibility index (Phi) is 6.00. The highest BCUT2D eigenvalue weighted by Gasteiger charge is 2.21. The van der Waals surface area contributed by atoms with Crippen LogP contribution in [0.5, 0.6) is 0 Å². The lowest BCUT2D eigenvalue weighted by Crippen LogP contribution is -2.43. The fourth-order valence-corrected chi connectivity index (χ4v) is 2.48. The Balaban J connectivity index is 1.86. The molecule has 2 heterocycles. The number of urea groups is 1. The average molecular weight is 306 g/mol. The summed E-state index contributed by atoms with van der Waals surface area (Å²) in [5, 5.41) is 2.94. The standard InChI is InChI=1S/C16H26N4O2/c1-4-20(12-14-8-6-10-22-14)16(21)17-11-13-7-5-9-15(18-13)19(2)3/h5,7,9,14H,4,6,8,10-12H2,1-3H3,(H,17,21). The van der Waals surface area contributed by atoms with Crippen molar-refractivity contribution in [3.63, 3.8) is 0 Å². The first-order valence-corrected chi connectivity index (χ1v) is 7.87. The first-order chi connectivity index (χ1) is 10.6. The molecule has 1 atom stereocenters. The van der Waals surface area contributed by atoms with Gasteiger partial charge in [-0.3, -0.25) is 0 Å². The van der Waals surface area contributed by atoms with Crippen LogP contribution in [0, 0.1) is 0 Å². The van der Waals surface area contributed by atoms with E-state index in [9.17, 15) is 4.79 Å². The molecule has 1 aromatic heterocycles. The average Bonchev–Trinajstić information content (AvgIpc) is 3.03. The third kappa shape index (κ3) is 4.59. The van der Waals surface area contributed by atoms with Crippen LogP contribution < -0.4 is 10.2 Å². The zero-order valence-electron chi connectivity index (χ0n) is 13.7. The molecule has 1 aliphatic rings. The molecule has 6 nitrogen and oxygen atoms in total. The lowest BCUT2D eigenvalue weighted by molar-refractivity contribution is 0.0826. The van der Waals surface area contributed by atoms with Crippen molar-refractivity contribution in [2.24, 2.45) is 0 Å². The predicted molar refractivity (Wildman–Crippen MR) is 87.0 cm³/mol. The minimum absolute atomic E-state index is 0.0601. The predicted octanol–water partition coefficient (Wildman–Crippen LogP) is 1.86. The van der Waals surface area contributed by atoms with Gasteiger partial charge in [-0.1, -0.05) is 6.07 Å². The Labute approximate surface area is 132 Å². The van der Waals surface area contributed by atoms with Crippen molar-refractivity contribution in [3.05, 3.63) is 23.9 Å². The number of anilines is 1. The van der Waals surface area contributed by atoms with Crippen molar-refractivity contribution in [1.82, 2.24) is 15.2 Å². The summed E-state index contributed by atoms with van der Waals surface area (Å²) in [5.41, 5.74) is 0.854. The zero-order chi connectivity index (χ0) is 15.9. The molecule has 0 spiro atoms. The van der Waals surface area contributed by atoms with Crippen molar-refractivity contribution < 1.29 is 9.53 Å². The number of carbonyl (C=O) groups is 1. The van der Waals surface area contributed by atoms with E-state index in [1.807, 2.05) is 44.1 Å². The van der Waals surface area contributed by atoms with Gasteiger partial charge in [0.15, 0.2) is 0 Å². The van der Waals surface area contributed by atoms with Crippen molar-refractivity contribution in [3.8, 4) is 0 Å². The number of pyridine rings is 1. The molecule has 122 valence electrons. The molecule has 1 N–H and O–H groups in total. The summed E-state index contributed by atoms with van der Waals surface area (Å²) in [7, 11) is 3.90. The number of nitrogens with one attached hydrogen (secondary N) is 1. The number of ether oxygens (including phenoxy) is 1. The summed E-state index contributed by atoms with van der Waals surface area (Å²) in [6.45, 7) is 4.57. The minimum Gasteiger partial charge on any atom is -0.376 e. The zero-order valence-corrected chi connectivity index (χ0v) is 13.7. The molecule has 1 fully saturated rings. The van der Waals surface area contributed by atoms with Crippen LogP contribution in [-0.2, 0) is 11.3 Å². The molecule has 0 aromatic carbocycles. The van der Waals surface area contributed by atoms with Crippen molar-refractivity contribution in [2.45, 2.75) is 32.4 Å². The fraction of sp³-hybridized carbons (Fsp3) is 0.625. The van der Waals surface area contributed by atoms with Gasteiger partial charge in [0.2, 0.25) is 0 Å². The van der Waals surface area contributed by atoms with E-state index in [4.69, 9.17) is 4.74 Å². The van der Waals surface area contributed by atoms with E-state index < -0.39 is 0 Å². The van der Waals surface area contributed by atoms with Gasteiger partial charge in [0, 0.05) is 33.8 Å². The fourth-order valence-electron chi connectivity index (χ4n) is 2.48. The largest absolute Gasteiger partial charge is 0.376 e. The van der Waals surface area contributed by atoms with Crippen LogP contribution >= 0.6 is 0 Å². The van der Waals surface area contributed by atoms with E-state index >= 15 is 0 Å². The number of carbonyl (C=O) groups excluding carboxylic acids is 1. The van der Waals surface area contributed by atoms with Crippen molar-refractivity contribution >= 4 is 11.8 Å². The third-order valence-electron chi connectivity index (χ3n) is 3.79. The second-order valence-corrected chi connectivity index (χ2v) is 5.71. The van der Waals surface area contributed by atoms with Crippen LogP contribution in [0.1, 0.15) is 25.5 Å². The van der Waals surface area contributed by atoms with Crippen LogP contribution in [0.25, 0.3) is 0 Å². The Morgan fingerprint density at radius 1 is 1.45 bits per heavy atom. The van der Waals surface area contributed by atoms with Crippen LogP contribution in [0.4, 0.5) is 10.6 Å². The molecule has 1 aliphatic heterocycles. The molecule has 0 saturated carbocycles. The maximum absolute atomic E-state index is 12.3. The Bertz CT molecular complexity index is 487.